The molecule has 0 saturated carbocycles. The number of benzene rings is 3. The average Bonchev–Trinajstić information content (AvgIpc) is 2.66. The van der Waals surface area contributed by atoms with Crippen molar-refractivity contribution in [3.63, 3.8) is 0 Å². The molecule has 3 heteroatoms. The summed E-state index contributed by atoms with van der Waals surface area (Å²) in [6, 6.07) is 25.5. The first-order valence-corrected chi connectivity index (χ1v) is 9.17. The molecule has 0 unspecified atom stereocenters. The van der Waals surface area contributed by atoms with E-state index >= 15 is 0 Å². The molecular weight excluding hydrogens is 337 g/mol. The van der Waals surface area contributed by atoms with E-state index in [1.807, 2.05) is 13.1 Å². The van der Waals surface area contributed by atoms with E-state index in [0.717, 1.165) is 21.6 Å². The van der Waals surface area contributed by atoms with Crippen LogP contribution in [-0.2, 0) is 0 Å². The van der Waals surface area contributed by atoms with Crippen LogP contribution in [0.25, 0.3) is 10.8 Å². The molecule has 0 radical (unpaired) electrons. The first-order valence-electron chi connectivity index (χ1n) is 8.80. The highest BCUT2D eigenvalue weighted by molar-refractivity contribution is 6.96. The van der Waals surface area contributed by atoms with Gasteiger partial charge in [0.15, 0.2) is 0 Å². The lowest BCUT2D eigenvalue weighted by Gasteiger charge is -2.17. The van der Waals surface area contributed by atoms with Crippen molar-refractivity contribution in [2.45, 2.75) is 13.8 Å². The molecule has 0 fully saturated rings. The third-order valence-corrected chi connectivity index (χ3v) is 5.33. The Bertz CT molecular complexity index is 1070. The molecule has 4 rings (SSSR count). The normalized spacial score (nSPS) is 10.9. The van der Waals surface area contributed by atoms with Crippen LogP contribution in [0.3, 0.4) is 0 Å². The summed E-state index contributed by atoms with van der Waals surface area (Å²) in [5.74, 6) is 0. The fraction of sp³-hybridized carbons (Fsp3) is 0.0870. The van der Waals surface area contributed by atoms with Crippen LogP contribution in [-0.4, -0.2) is 11.7 Å². The second kappa shape index (κ2) is 6.97. The van der Waals surface area contributed by atoms with Gasteiger partial charge in [0.1, 0.15) is 0 Å². The number of halogens is 1. The number of pyridine rings is 1. The maximum atomic E-state index is 6.46. The Morgan fingerprint density at radius 1 is 0.808 bits per heavy atom. The molecule has 26 heavy (non-hydrogen) atoms. The fourth-order valence-corrected chi connectivity index (χ4v) is 3.62. The van der Waals surface area contributed by atoms with Crippen LogP contribution < -0.4 is 16.5 Å². The second-order valence-electron chi connectivity index (χ2n) is 6.77. The van der Waals surface area contributed by atoms with E-state index in [-0.39, 0.29) is 6.71 Å². The summed E-state index contributed by atoms with van der Waals surface area (Å²) in [5.41, 5.74) is 5.78. The van der Waals surface area contributed by atoms with Crippen LogP contribution in [0.4, 0.5) is 0 Å². The van der Waals surface area contributed by atoms with E-state index in [0.29, 0.717) is 0 Å². The fourth-order valence-electron chi connectivity index (χ4n) is 3.43. The molecule has 0 bridgehead atoms. The maximum Gasteiger partial charge on any atom is 0.266 e. The highest BCUT2D eigenvalue weighted by Crippen LogP contribution is 2.14. The van der Waals surface area contributed by atoms with Gasteiger partial charge in [-0.05, 0) is 42.3 Å². The Balaban J connectivity index is 1.98. The van der Waals surface area contributed by atoms with Gasteiger partial charge in [0.05, 0.1) is 0 Å². The molecule has 0 N–H and O–H groups in total. The smallest absolute Gasteiger partial charge is 0.266 e. The van der Waals surface area contributed by atoms with Gasteiger partial charge in [0.2, 0.25) is 0 Å². The van der Waals surface area contributed by atoms with E-state index in [1.54, 1.807) is 0 Å². The summed E-state index contributed by atoms with van der Waals surface area (Å²) in [7, 11) is 0. The van der Waals surface area contributed by atoms with E-state index < -0.39 is 0 Å². The largest absolute Gasteiger partial charge is 0.270 e. The van der Waals surface area contributed by atoms with Crippen LogP contribution in [0.2, 0.25) is 5.02 Å². The van der Waals surface area contributed by atoms with E-state index in [4.69, 9.17) is 16.6 Å². The molecule has 3 aromatic carbocycles. The van der Waals surface area contributed by atoms with Crippen LogP contribution in [0.15, 0.2) is 79.0 Å². The van der Waals surface area contributed by atoms with Gasteiger partial charge in [-0.15, -0.1) is 0 Å². The lowest BCUT2D eigenvalue weighted by molar-refractivity contribution is 1.41. The van der Waals surface area contributed by atoms with E-state index in [1.165, 1.54) is 21.8 Å². The van der Waals surface area contributed by atoms with Crippen molar-refractivity contribution >= 4 is 45.6 Å². The summed E-state index contributed by atoms with van der Waals surface area (Å²) in [5, 5.41) is 3.17. The summed E-state index contributed by atoms with van der Waals surface area (Å²) < 4.78 is 0. The molecule has 0 spiro atoms. The molecule has 0 saturated heterocycles. The van der Waals surface area contributed by atoms with E-state index in [2.05, 4.69) is 79.7 Å². The van der Waals surface area contributed by atoms with Crippen molar-refractivity contribution in [2.24, 2.45) is 0 Å². The topological polar surface area (TPSA) is 12.9 Å². The summed E-state index contributed by atoms with van der Waals surface area (Å²) in [6.45, 7) is 4.18. The van der Waals surface area contributed by atoms with Gasteiger partial charge in [-0.25, -0.2) is 0 Å². The van der Waals surface area contributed by atoms with Crippen molar-refractivity contribution < 1.29 is 0 Å². The number of nitrogens with zero attached hydrogens (tertiary/aromatic N) is 1. The number of rotatable bonds is 3. The van der Waals surface area contributed by atoms with Gasteiger partial charge in [-0.1, -0.05) is 88.8 Å². The zero-order valence-corrected chi connectivity index (χ0v) is 15.7. The molecule has 1 nitrogen and oxygen atoms in total. The molecular formula is C23H19BClN. The van der Waals surface area contributed by atoms with Gasteiger partial charge in [0, 0.05) is 16.8 Å². The standard InChI is InChI=1S/C23H19BClN/c1-16-7-10-19(11-8-16)24(20-12-9-17(2)22(25)15-20)23-21-6-4-3-5-18(21)13-14-26-23/h3-15H,1-2H3. The van der Waals surface area contributed by atoms with Crippen LogP contribution in [0, 0.1) is 13.8 Å². The lowest BCUT2D eigenvalue weighted by atomic mass is 9.38. The lowest BCUT2D eigenvalue weighted by Crippen LogP contribution is -2.53. The van der Waals surface area contributed by atoms with Gasteiger partial charge < -0.3 is 0 Å². The molecule has 0 aliphatic rings. The van der Waals surface area contributed by atoms with Crippen molar-refractivity contribution in [2.75, 3.05) is 0 Å². The second-order valence-corrected chi connectivity index (χ2v) is 7.18. The van der Waals surface area contributed by atoms with Crippen LogP contribution >= 0.6 is 11.6 Å². The third-order valence-electron chi connectivity index (χ3n) is 4.92. The first kappa shape index (κ1) is 16.9. The number of aryl methyl sites for hydroxylation is 2. The SMILES string of the molecule is Cc1ccc(B(c2ccc(C)c(Cl)c2)c2nccc3ccccc23)cc1. The Morgan fingerprint density at radius 2 is 1.54 bits per heavy atom. The molecule has 1 aromatic heterocycles. The van der Waals surface area contributed by atoms with Crippen molar-refractivity contribution in [3.8, 4) is 0 Å². The Hall–Kier alpha value is -2.58. The number of hydrogen-bond acceptors (Lipinski definition) is 1. The zero-order valence-electron chi connectivity index (χ0n) is 14.9. The highest BCUT2D eigenvalue weighted by atomic mass is 35.5. The Labute approximate surface area is 159 Å². The number of hydrogen-bond donors (Lipinski definition) is 0. The number of aromatic nitrogens is 1. The average molecular weight is 356 g/mol. The van der Waals surface area contributed by atoms with Crippen LogP contribution in [0.5, 0.6) is 0 Å². The zero-order chi connectivity index (χ0) is 18.1. The first-order chi connectivity index (χ1) is 12.6. The predicted molar refractivity (Wildman–Crippen MR) is 114 cm³/mol. The van der Waals surface area contributed by atoms with Gasteiger partial charge >= 0.3 is 0 Å². The predicted octanol–water partition coefficient (Wildman–Crippen LogP) is 4.02. The summed E-state index contributed by atoms with van der Waals surface area (Å²) in [6.07, 6.45) is 1.90. The van der Waals surface area contributed by atoms with Crippen LogP contribution in [0.1, 0.15) is 11.1 Å². The number of fused-ring (bicyclic) bond motifs is 1. The van der Waals surface area contributed by atoms with Crippen molar-refractivity contribution in [1.29, 1.82) is 0 Å². The highest BCUT2D eigenvalue weighted by Gasteiger charge is 2.25. The van der Waals surface area contributed by atoms with Gasteiger partial charge in [-0.2, -0.15) is 0 Å². The van der Waals surface area contributed by atoms with E-state index in [9.17, 15) is 0 Å². The molecule has 0 amide bonds. The van der Waals surface area contributed by atoms with Crippen molar-refractivity contribution in [3.05, 3.63) is 95.1 Å². The third kappa shape index (κ3) is 3.13. The molecule has 0 aliphatic carbocycles. The molecule has 0 aliphatic heterocycles. The molecule has 0 atom stereocenters. The molecule has 4 aromatic rings. The Kier molecular flexibility index (Phi) is 4.52. The van der Waals surface area contributed by atoms with Crippen molar-refractivity contribution in [1.82, 2.24) is 4.98 Å². The van der Waals surface area contributed by atoms with Gasteiger partial charge in [-0.3, -0.25) is 4.98 Å². The minimum Gasteiger partial charge on any atom is -0.270 e. The summed E-state index contributed by atoms with van der Waals surface area (Å²) >= 11 is 6.46. The monoisotopic (exact) mass is 355 g/mol. The quantitative estimate of drug-likeness (QED) is 0.506. The Morgan fingerprint density at radius 3 is 2.31 bits per heavy atom. The minimum atomic E-state index is 0.0415. The summed E-state index contributed by atoms with van der Waals surface area (Å²) in [4.78, 5) is 4.79. The molecule has 1 heterocycles. The van der Waals surface area contributed by atoms with Gasteiger partial charge in [0.25, 0.3) is 6.71 Å². The minimum absolute atomic E-state index is 0.0415. The maximum absolute atomic E-state index is 6.46. The molecule has 126 valence electrons.